The highest BCUT2D eigenvalue weighted by Crippen LogP contribution is 2.05. The van der Waals surface area contributed by atoms with Gasteiger partial charge in [-0.15, -0.1) is 0 Å². The molecule has 0 radical (unpaired) electrons. The number of rotatable bonds is 2. The second-order valence-corrected chi connectivity index (χ2v) is 3.76. The molecule has 0 fully saturated rings. The van der Waals surface area contributed by atoms with E-state index in [2.05, 4.69) is 10.3 Å². The first-order valence-electron chi connectivity index (χ1n) is 5.75. The molecule has 5 nitrogen and oxygen atoms in total. The maximum absolute atomic E-state index is 12.2. The molecule has 0 saturated heterocycles. The number of nitrogens with two attached hydrogens (primary N) is 1. The summed E-state index contributed by atoms with van der Waals surface area (Å²) >= 11 is 0. The SMILES string of the molecule is CNc1ccc(F)cc1.N=C1C=CC(=NC=O)C=C1N. The van der Waals surface area contributed by atoms with Gasteiger partial charge in [0, 0.05) is 12.7 Å². The zero-order valence-corrected chi connectivity index (χ0v) is 10.9. The number of nitrogens with zero attached hydrogens (tertiary/aromatic N) is 1. The van der Waals surface area contributed by atoms with Crippen LogP contribution in [0.4, 0.5) is 10.1 Å². The number of aliphatic imine (C=N–C) groups is 1. The second kappa shape index (κ2) is 7.63. The van der Waals surface area contributed by atoms with Crippen LogP contribution in [0.25, 0.3) is 0 Å². The normalized spacial score (nSPS) is 15.2. The van der Waals surface area contributed by atoms with Gasteiger partial charge in [-0.2, -0.15) is 0 Å². The average Bonchev–Trinajstić information content (AvgIpc) is 2.45. The topological polar surface area (TPSA) is 91.3 Å². The molecular formula is C14H15FN4O. The van der Waals surface area contributed by atoms with Gasteiger partial charge >= 0.3 is 0 Å². The predicted molar refractivity (Wildman–Crippen MR) is 78.6 cm³/mol. The molecule has 6 heteroatoms. The summed E-state index contributed by atoms with van der Waals surface area (Å²) in [5.41, 5.74) is 7.37. The molecule has 0 aromatic heterocycles. The van der Waals surface area contributed by atoms with Gasteiger partial charge in [0.05, 0.1) is 17.1 Å². The van der Waals surface area contributed by atoms with Crippen molar-refractivity contribution in [2.24, 2.45) is 10.7 Å². The number of amides is 1. The van der Waals surface area contributed by atoms with Gasteiger partial charge in [0.1, 0.15) is 5.82 Å². The van der Waals surface area contributed by atoms with Gasteiger partial charge in [-0.1, -0.05) is 0 Å². The summed E-state index contributed by atoms with van der Waals surface area (Å²) in [7, 11) is 1.80. The van der Waals surface area contributed by atoms with Gasteiger partial charge in [-0.3, -0.25) is 10.2 Å². The van der Waals surface area contributed by atoms with E-state index in [-0.39, 0.29) is 11.5 Å². The molecule has 0 unspecified atom stereocenters. The van der Waals surface area contributed by atoms with Gasteiger partial charge in [0.15, 0.2) is 0 Å². The third kappa shape index (κ3) is 4.85. The third-order valence-electron chi connectivity index (χ3n) is 2.37. The van der Waals surface area contributed by atoms with Crippen LogP contribution in [0, 0.1) is 11.2 Å². The Morgan fingerprint density at radius 3 is 2.45 bits per heavy atom. The lowest BCUT2D eigenvalue weighted by Gasteiger charge is -2.03. The molecule has 1 aliphatic carbocycles. The van der Waals surface area contributed by atoms with Crippen molar-refractivity contribution >= 4 is 23.5 Å². The quantitative estimate of drug-likeness (QED) is 0.568. The van der Waals surface area contributed by atoms with E-state index in [0.717, 1.165) is 5.69 Å². The van der Waals surface area contributed by atoms with Crippen molar-refractivity contribution in [3.63, 3.8) is 0 Å². The standard InChI is InChI=1S/C7H8FN.C7H7N3O/c1-9-7-4-2-6(8)3-5-7;8-6-2-1-5(10-4-11)3-7(6)9/h2-5,9H,1H3;1-4,8H,9H2. The Morgan fingerprint density at radius 1 is 1.30 bits per heavy atom. The Balaban J connectivity index is 0.000000204. The minimum Gasteiger partial charge on any atom is -0.397 e. The number of benzene rings is 1. The van der Waals surface area contributed by atoms with Crippen LogP contribution in [0.2, 0.25) is 0 Å². The number of anilines is 1. The van der Waals surface area contributed by atoms with E-state index in [1.807, 2.05) is 0 Å². The fourth-order valence-corrected chi connectivity index (χ4v) is 1.31. The Bertz CT molecular complexity index is 573. The molecule has 0 aliphatic heterocycles. The van der Waals surface area contributed by atoms with E-state index in [1.165, 1.54) is 24.3 Å². The van der Waals surface area contributed by atoms with Crippen molar-refractivity contribution in [2.75, 3.05) is 12.4 Å². The minimum atomic E-state index is -0.200. The van der Waals surface area contributed by atoms with Gasteiger partial charge in [0.25, 0.3) is 0 Å². The maximum Gasteiger partial charge on any atom is 0.233 e. The highest BCUT2D eigenvalue weighted by molar-refractivity contribution is 6.20. The molecule has 0 heterocycles. The molecule has 0 saturated carbocycles. The first-order valence-corrected chi connectivity index (χ1v) is 5.75. The van der Waals surface area contributed by atoms with Crippen LogP contribution in [-0.2, 0) is 4.79 Å². The summed E-state index contributed by atoms with van der Waals surface area (Å²) < 4.78 is 12.2. The molecule has 1 aliphatic rings. The summed E-state index contributed by atoms with van der Waals surface area (Å²) in [6.45, 7) is 0. The fraction of sp³-hybridized carbons (Fsp3) is 0.0714. The van der Waals surface area contributed by atoms with E-state index >= 15 is 0 Å². The predicted octanol–water partition coefficient (Wildman–Crippen LogP) is 1.88. The van der Waals surface area contributed by atoms with Crippen molar-refractivity contribution in [3.8, 4) is 0 Å². The van der Waals surface area contributed by atoms with Crippen LogP contribution < -0.4 is 11.1 Å². The highest BCUT2D eigenvalue weighted by Gasteiger charge is 2.03. The zero-order chi connectivity index (χ0) is 15.0. The molecule has 0 atom stereocenters. The van der Waals surface area contributed by atoms with Crippen LogP contribution in [-0.4, -0.2) is 24.9 Å². The van der Waals surface area contributed by atoms with Crippen LogP contribution in [0.15, 0.2) is 53.2 Å². The lowest BCUT2D eigenvalue weighted by molar-refractivity contribution is -0.106. The van der Waals surface area contributed by atoms with Gasteiger partial charge in [-0.05, 0) is 42.5 Å². The first-order chi connectivity index (χ1) is 9.56. The van der Waals surface area contributed by atoms with Gasteiger partial charge in [0.2, 0.25) is 6.41 Å². The summed E-state index contributed by atoms with van der Waals surface area (Å²) in [5, 5.41) is 10.1. The van der Waals surface area contributed by atoms with E-state index in [9.17, 15) is 9.18 Å². The highest BCUT2D eigenvalue weighted by atomic mass is 19.1. The van der Waals surface area contributed by atoms with Crippen LogP contribution in [0.1, 0.15) is 0 Å². The van der Waals surface area contributed by atoms with Crippen LogP contribution in [0.3, 0.4) is 0 Å². The number of carbonyl (C=O) groups excluding carboxylic acids is 1. The maximum atomic E-state index is 12.2. The number of allylic oxidation sites excluding steroid dienone is 3. The number of hydrogen-bond acceptors (Lipinski definition) is 4. The molecule has 1 amide bonds. The smallest absolute Gasteiger partial charge is 0.233 e. The minimum absolute atomic E-state index is 0.200. The molecule has 0 spiro atoms. The van der Waals surface area contributed by atoms with Crippen molar-refractivity contribution in [3.05, 3.63) is 54.0 Å². The summed E-state index contributed by atoms with van der Waals surface area (Å²) in [4.78, 5) is 13.4. The molecular weight excluding hydrogens is 259 g/mol. The second-order valence-electron chi connectivity index (χ2n) is 3.76. The molecule has 1 aromatic carbocycles. The van der Waals surface area contributed by atoms with E-state index < -0.39 is 0 Å². The van der Waals surface area contributed by atoms with E-state index in [0.29, 0.717) is 17.8 Å². The van der Waals surface area contributed by atoms with Gasteiger partial charge in [-0.25, -0.2) is 9.38 Å². The Kier molecular flexibility index (Phi) is 5.83. The van der Waals surface area contributed by atoms with Crippen molar-refractivity contribution in [1.29, 1.82) is 5.41 Å². The monoisotopic (exact) mass is 274 g/mol. The van der Waals surface area contributed by atoms with Gasteiger partial charge < -0.3 is 11.1 Å². The number of carbonyl (C=O) groups is 1. The van der Waals surface area contributed by atoms with Crippen molar-refractivity contribution < 1.29 is 9.18 Å². The number of hydrogen-bond donors (Lipinski definition) is 3. The molecule has 0 bridgehead atoms. The molecule has 2 rings (SSSR count). The summed E-state index contributed by atoms with van der Waals surface area (Å²) in [5.74, 6) is -0.200. The third-order valence-corrected chi connectivity index (χ3v) is 2.37. The van der Waals surface area contributed by atoms with Crippen molar-refractivity contribution in [1.82, 2.24) is 0 Å². The van der Waals surface area contributed by atoms with E-state index in [1.54, 1.807) is 25.3 Å². The average molecular weight is 274 g/mol. The Labute approximate surface area is 116 Å². The first kappa shape index (κ1) is 15.3. The Hall–Kier alpha value is -2.76. The zero-order valence-electron chi connectivity index (χ0n) is 10.9. The summed E-state index contributed by atoms with van der Waals surface area (Å²) in [6, 6.07) is 6.22. The largest absolute Gasteiger partial charge is 0.397 e. The number of halogens is 1. The fourth-order valence-electron chi connectivity index (χ4n) is 1.31. The lowest BCUT2D eigenvalue weighted by Crippen LogP contribution is -2.13. The summed E-state index contributed by atoms with van der Waals surface area (Å²) in [6.07, 6.45) is 4.99. The van der Waals surface area contributed by atoms with Crippen molar-refractivity contribution in [2.45, 2.75) is 0 Å². The molecule has 4 N–H and O–H groups in total. The lowest BCUT2D eigenvalue weighted by atomic mass is 10.1. The Morgan fingerprint density at radius 2 is 1.95 bits per heavy atom. The molecule has 20 heavy (non-hydrogen) atoms. The van der Waals surface area contributed by atoms with E-state index in [4.69, 9.17) is 11.1 Å². The van der Waals surface area contributed by atoms with Crippen LogP contribution >= 0.6 is 0 Å². The number of nitrogens with one attached hydrogen (secondary N) is 2. The molecule has 1 aromatic rings. The molecule has 104 valence electrons. The van der Waals surface area contributed by atoms with Crippen LogP contribution in [0.5, 0.6) is 0 Å².